The molecular formula is C15H19ClN2O3. The maximum atomic E-state index is 12.1. The van der Waals surface area contributed by atoms with Crippen LogP contribution in [-0.4, -0.2) is 41.5 Å². The maximum absolute atomic E-state index is 12.1. The van der Waals surface area contributed by atoms with Gasteiger partial charge in [-0.1, -0.05) is 17.7 Å². The number of benzene rings is 1. The third-order valence-electron chi connectivity index (χ3n) is 3.41. The van der Waals surface area contributed by atoms with Crippen LogP contribution in [0.4, 0.5) is 5.69 Å². The molecule has 0 heterocycles. The summed E-state index contributed by atoms with van der Waals surface area (Å²) in [6.07, 6.45) is 2.23. The first-order valence-corrected chi connectivity index (χ1v) is 7.32. The van der Waals surface area contributed by atoms with E-state index in [1.165, 1.54) is 0 Å². The number of nitrogens with one attached hydrogen (secondary N) is 1. The van der Waals surface area contributed by atoms with Crippen molar-refractivity contribution >= 4 is 29.2 Å². The zero-order valence-electron chi connectivity index (χ0n) is 11.9. The summed E-state index contributed by atoms with van der Waals surface area (Å²) >= 11 is 5.91. The van der Waals surface area contributed by atoms with E-state index in [4.69, 9.17) is 16.7 Å². The number of aliphatic carboxylic acids is 1. The van der Waals surface area contributed by atoms with Crippen molar-refractivity contribution in [1.29, 1.82) is 0 Å². The molecule has 1 aliphatic rings. The van der Waals surface area contributed by atoms with Crippen LogP contribution in [0.15, 0.2) is 18.2 Å². The molecule has 1 aliphatic carbocycles. The third-order valence-corrected chi connectivity index (χ3v) is 3.65. The highest BCUT2D eigenvalue weighted by molar-refractivity contribution is 6.31. The second-order valence-corrected chi connectivity index (χ2v) is 5.95. The molecule has 2 rings (SSSR count). The number of carboxylic acid groups (broad SMARTS) is 1. The Balaban J connectivity index is 1.94. The van der Waals surface area contributed by atoms with Gasteiger partial charge in [0.2, 0.25) is 5.91 Å². The van der Waals surface area contributed by atoms with Gasteiger partial charge in [0.05, 0.1) is 13.1 Å². The summed E-state index contributed by atoms with van der Waals surface area (Å²) in [5.41, 5.74) is 1.58. The molecule has 0 aromatic heterocycles. The molecule has 0 bridgehead atoms. The maximum Gasteiger partial charge on any atom is 0.317 e. The van der Waals surface area contributed by atoms with Gasteiger partial charge in [0.1, 0.15) is 0 Å². The largest absolute Gasteiger partial charge is 0.480 e. The molecule has 1 aromatic carbocycles. The van der Waals surface area contributed by atoms with Gasteiger partial charge in [0, 0.05) is 17.3 Å². The van der Waals surface area contributed by atoms with Crippen LogP contribution in [0.25, 0.3) is 0 Å². The monoisotopic (exact) mass is 310 g/mol. The number of aryl methyl sites for hydroxylation is 1. The topological polar surface area (TPSA) is 69.6 Å². The highest BCUT2D eigenvalue weighted by Crippen LogP contribution is 2.29. The van der Waals surface area contributed by atoms with Crippen molar-refractivity contribution in [2.24, 2.45) is 5.92 Å². The summed E-state index contributed by atoms with van der Waals surface area (Å²) < 4.78 is 0. The Labute approximate surface area is 128 Å². The van der Waals surface area contributed by atoms with Crippen LogP contribution in [-0.2, 0) is 9.59 Å². The molecule has 1 saturated carbocycles. The Kier molecular flexibility index (Phi) is 5.20. The van der Waals surface area contributed by atoms with Crippen LogP contribution in [0.2, 0.25) is 5.02 Å². The average Bonchev–Trinajstić information content (AvgIpc) is 3.16. The van der Waals surface area contributed by atoms with Crippen LogP contribution in [0, 0.1) is 12.8 Å². The summed E-state index contributed by atoms with van der Waals surface area (Å²) in [4.78, 5) is 24.6. The molecule has 1 aromatic rings. The molecule has 21 heavy (non-hydrogen) atoms. The number of carbonyl (C=O) groups excluding carboxylic acids is 1. The summed E-state index contributed by atoms with van der Waals surface area (Å²) in [7, 11) is 0. The number of halogens is 1. The predicted molar refractivity (Wildman–Crippen MR) is 81.6 cm³/mol. The lowest BCUT2D eigenvalue weighted by Crippen LogP contribution is -2.38. The Hall–Kier alpha value is -1.59. The molecule has 0 aliphatic heterocycles. The van der Waals surface area contributed by atoms with Crippen LogP contribution < -0.4 is 5.32 Å². The zero-order valence-corrected chi connectivity index (χ0v) is 12.7. The molecule has 1 fully saturated rings. The fourth-order valence-corrected chi connectivity index (χ4v) is 2.34. The van der Waals surface area contributed by atoms with Gasteiger partial charge >= 0.3 is 5.97 Å². The van der Waals surface area contributed by atoms with Crippen molar-refractivity contribution in [3.8, 4) is 0 Å². The smallest absolute Gasteiger partial charge is 0.317 e. The fourth-order valence-electron chi connectivity index (χ4n) is 2.16. The SMILES string of the molecule is Cc1ccc(Cl)cc1NC(=O)CN(CC(=O)O)CC1CC1. The summed E-state index contributed by atoms with van der Waals surface area (Å²) in [5.74, 6) is -0.602. The molecule has 0 spiro atoms. The Morgan fingerprint density at radius 3 is 2.71 bits per heavy atom. The summed E-state index contributed by atoms with van der Waals surface area (Å²) in [6, 6.07) is 5.28. The number of hydrogen-bond donors (Lipinski definition) is 2. The quantitative estimate of drug-likeness (QED) is 0.811. The lowest BCUT2D eigenvalue weighted by molar-refractivity contribution is -0.138. The Bertz CT molecular complexity index is 544. The van der Waals surface area contributed by atoms with E-state index >= 15 is 0 Å². The molecule has 0 unspecified atom stereocenters. The van der Waals surface area contributed by atoms with Crippen molar-refractivity contribution in [3.63, 3.8) is 0 Å². The van der Waals surface area contributed by atoms with E-state index in [1.54, 1.807) is 17.0 Å². The fraction of sp³-hybridized carbons (Fsp3) is 0.467. The first-order valence-electron chi connectivity index (χ1n) is 6.94. The van der Waals surface area contributed by atoms with Crippen molar-refractivity contribution in [1.82, 2.24) is 4.90 Å². The molecule has 2 N–H and O–H groups in total. The molecule has 1 amide bonds. The number of amides is 1. The summed E-state index contributed by atoms with van der Waals surface area (Å²) in [6.45, 7) is 2.51. The minimum absolute atomic E-state index is 0.0781. The van der Waals surface area contributed by atoms with Crippen LogP contribution in [0.5, 0.6) is 0 Å². The van der Waals surface area contributed by atoms with Crippen molar-refractivity contribution in [2.45, 2.75) is 19.8 Å². The first kappa shape index (κ1) is 15.8. The van der Waals surface area contributed by atoms with Gasteiger partial charge in [0.25, 0.3) is 0 Å². The summed E-state index contributed by atoms with van der Waals surface area (Å²) in [5, 5.41) is 12.3. The second-order valence-electron chi connectivity index (χ2n) is 5.51. The van der Waals surface area contributed by atoms with E-state index in [2.05, 4.69) is 5.32 Å². The van der Waals surface area contributed by atoms with Crippen LogP contribution >= 0.6 is 11.6 Å². The van der Waals surface area contributed by atoms with Crippen LogP contribution in [0.1, 0.15) is 18.4 Å². The highest BCUT2D eigenvalue weighted by Gasteiger charge is 2.26. The number of carbonyl (C=O) groups is 2. The molecule has 0 radical (unpaired) electrons. The van der Waals surface area contributed by atoms with Crippen molar-refractivity contribution < 1.29 is 14.7 Å². The predicted octanol–water partition coefficient (Wildman–Crippen LogP) is 2.38. The van der Waals surface area contributed by atoms with Gasteiger partial charge in [-0.25, -0.2) is 0 Å². The number of rotatable bonds is 7. The first-order chi connectivity index (χ1) is 9.94. The average molecular weight is 311 g/mol. The number of carboxylic acids is 1. The van der Waals surface area contributed by atoms with Gasteiger partial charge in [-0.15, -0.1) is 0 Å². The third kappa shape index (κ3) is 5.36. The van der Waals surface area contributed by atoms with Gasteiger partial charge in [0.15, 0.2) is 0 Å². The van der Waals surface area contributed by atoms with E-state index in [0.717, 1.165) is 18.4 Å². The number of anilines is 1. The Morgan fingerprint density at radius 2 is 2.10 bits per heavy atom. The number of nitrogens with zero attached hydrogens (tertiary/aromatic N) is 1. The molecular weight excluding hydrogens is 292 g/mol. The van der Waals surface area contributed by atoms with Crippen molar-refractivity contribution in [3.05, 3.63) is 28.8 Å². The molecule has 6 heteroatoms. The van der Waals surface area contributed by atoms with Gasteiger partial charge < -0.3 is 10.4 Å². The van der Waals surface area contributed by atoms with Gasteiger partial charge in [-0.3, -0.25) is 14.5 Å². The van der Waals surface area contributed by atoms with E-state index in [9.17, 15) is 9.59 Å². The Morgan fingerprint density at radius 1 is 1.38 bits per heavy atom. The van der Waals surface area contributed by atoms with Crippen LogP contribution in [0.3, 0.4) is 0 Å². The molecule has 0 saturated heterocycles. The molecule has 0 atom stereocenters. The normalized spacial score (nSPS) is 14.2. The highest BCUT2D eigenvalue weighted by atomic mass is 35.5. The zero-order chi connectivity index (χ0) is 15.4. The van der Waals surface area contributed by atoms with E-state index in [1.807, 2.05) is 13.0 Å². The lowest BCUT2D eigenvalue weighted by Gasteiger charge is -2.19. The standard InChI is InChI=1S/C15H19ClN2O3/c1-10-2-5-12(16)6-13(10)17-14(19)8-18(9-15(20)21)7-11-3-4-11/h2,5-6,11H,3-4,7-9H2,1H3,(H,17,19)(H,20,21). The molecule has 114 valence electrons. The minimum Gasteiger partial charge on any atom is -0.480 e. The lowest BCUT2D eigenvalue weighted by atomic mass is 10.2. The second kappa shape index (κ2) is 6.91. The molecule has 5 nitrogen and oxygen atoms in total. The van der Waals surface area contributed by atoms with Gasteiger partial charge in [-0.05, 0) is 43.4 Å². The minimum atomic E-state index is -0.914. The van der Waals surface area contributed by atoms with E-state index in [0.29, 0.717) is 23.2 Å². The van der Waals surface area contributed by atoms with E-state index in [-0.39, 0.29) is 19.0 Å². The van der Waals surface area contributed by atoms with Gasteiger partial charge in [-0.2, -0.15) is 0 Å². The number of hydrogen-bond acceptors (Lipinski definition) is 3. The van der Waals surface area contributed by atoms with E-state index < -0.39 is 5.97 Å². The van der Waals surface area contributed by atoms with Crippen molar-refractivity contribution in [2.75, 3.05) is 25.0 Å².